The van der Waals surface area contributed by atoms with Gasteiger partial charge in [0.15, 0.2) is 0 Å². The number of hydrogen-bond acceptors (Lipinski definition) is 5. The van der Waals surface area contributed by atoms with E-state index in [2.05, 4.69) is 9.82 Å². The van der Waals surface area contributed by atoms with Gasteiger partial charge in [0.05, 0.1) is 6.26 Å². The fourth-order valence-electron chi connectivity index (χ4n) is 2.66. The maximum atomic E-state index is 12.5. The van der Waals surface area contributed by atoms with Crippen LogP contribution in [0.4, 0.5) is 0 Å². The van der Waals surface area contributed by atoms with Crippen molar-refractivity contribution in [1.29, 1.82) is 0 Å². The van der Waals surface area contributed by atoms with E-state index in [1.54, 1.807) is 4.90 Å². The van der Waals surface area contributed by atoms with Crippen molar-refractivity contribution in [1.82, 2.24) is 19.4 Å². The molecule has 1 aliphatic rings. The standard InChI is InChI=1S/C14H22N4O4S/c1-3-8-18-13(19)7-6-12(15-18)14(20)17-9-4-5-11(10-17)16-23(2,21)22/h6-7,11,16H,3-5,8-10H2,1-2H3/t11-/m1/s1. The molecule has 0 bridgehead atoms. The van der Waals surface area contributed by atoms with Gasteiger partial charge in [-0.05, 0) is 25.3 Å². The van der Waals surface area contributed by atoms with Gasteiger partial charge in [-0.2, -0.15) is 5.10 Å². The van der Waals surface area contributed by atoms with Gasteiger partial charge >= 0.3 is 0 Å². The number of aromatic nitrogens is 2. The van der Waals surface area contributed by atoms with E-state index >= 15 is 0 Å². The molecule has 0 aromatic carbocycles. The van der Waals surface area contributed by atoms with E-state index in [0.717, 1.165) is 12.7 Å². The minimum absolute atomic E-state index is 0.207. The van der Waals surface area contributed by atoms with E-state index in [4.69, 9.17) is 0 Å². The molecule has 0 radical (unpaired) electrons. The SMILES string of the molecule is CCCn1nc(C(=O)N2CCC[C@@H](NS(C)(=O)=O)C2)ccc1=O. The third kappa shape index (κ3) is 4.87. The molecule has 8 nitrogen and oxygen atoms in total. The summed E-state index contributed by atoms with van der Waals surface area (Å²) in [6.45, 7) is 3.24. The zero-order valence-corrected chi connectivity index (χ0v) is 14.2. The molecule has 1 aromatic heterocycles. The second-order valence-electron chi connectivity index (χ2n) is 5.76. The summed E-state index contributed by atoms with van der Waals surface area (Å²) in [5.41, 5.74) is -0.0308. The van der Waals surface area contributed by atoms with Crippen molar-refractivity contribution in [2.75, 3.05) is 19.3 Å². The van der Waals surface area contributed by atoms with Crippen LogP contribution in [-0.4, -0.2) is 54.4 Å². The molecule has 1 saturated heterocycles. The van der Waals surface area contributed by atoms with Crippen LogP contribution in [0.15, 0.2) is 16.9 Å². The quantitative estimate of drug-likeness (QED) is 0.799. The molecule has 1 amide bonds. The molecule has 1 fully saturated rings. The number of carbonyl (C=O) groups is 1. The lowest BCUT2D eigenvalue weighted by molar-refractivity contribution is 0.0694. The Morgan fingerprint density at radius 2 is 2.17 bits per heavy atom. The van der Waals surface area contributed by atoms with Crippen molar-refractivity contribution in [2.45, 2.75) is 38.8 Å². The molecule has 1 N–H and O–H groups in total. The lowest BCUT2D eigenvalue weighted by Crippen LogP contribution is -2.49. The molecular weight excluding hydrogens is 320 g/mol. The van der Waals surface area contributed by atoms with Crippen LogP contribution in [0.25, 0.3) is 0 Å². The van der Waals surface area contributed by atoms with Crippen molar-refractivity contribution in [3.05, 3.63) is 28.2 Å². The highest BCUT2D eigenvalue weighted by Crippen LogP contribution is 2.13. The summed E-state index contributed by atoms with van der Waals surface area (Å²) in [6.07, 6.45) is 3.26. The molecule has 0 aliphatic carbocycles. The molecule has 2 rings (SSSR count). The Morgan fingerprint density at radius 3 is 2.83 bits per heavy atom. The predicted molar refractivity (Wildman–Crippen MR) is 85.7 cm³/mol. The fraction of sp³-hybridized carbons (Fsp3) is 0.643. The minimum Gasteiger partial charge on any atom is -0.336 e. The normalized spacial score (nSPS) is 18.9. The van der Waals surface area contributed by atoms with Crippen LogP contribution < -0.4 is 10.3 Å². The van der Waals surface area contributed by atoms with E-state index in [1.807, 2.05) is 6.92 Å². The molecule has 0 unspecified atom stereocenters. The highest BCUT2D eigenvalue weighted by atomic mass is 32.2. The zero-order chi connectivity index (χ0) is 17.0. The lowest BCUT2D eigenvalue weighted by Gasteiger charge is -2.32. The molecule has 1 aliphatic heterocycles. The Labute approximate surface area is 135 Å². The van der Waals surface area contributed by atoms with Gasteiger partial charge in [0, 0.05) is 31.7 Å². The van der Waals surface area contributed by atoms with Crippen LogP contribution >= 0.6 is 0 Å². The molecule has 2 heterocycles. The minimum atomic E-state index is -3.31. The Bertz CT molecular complexity index is 729. The molecule has 128 valence electrons. The second-order valence-corrected chi connectivity index (χ2v) is 7.54. The Kier molecular flexibility index (Phi) is 5.53. The van der Waals surface area contributed by atoms with Gasteiger partial charge < -0.3 is 4.90 Å². The first-order valence-corrected chi connectivity index (χ1v) is 9.54. The molecule has 23 heavy (non-hydrogen) atoms. The molecule has 0 saturated carbocycles. The smallest absolute Gasteiger partial charge is 0.274 e. The molecule has 1 aromatic rings. The number of hydrogen-bond donors (Lipinski definition) is 1. The molecule has 0 spiro atoms. The molecule has 1 atom stereocenters. The van der Waals surface area contributed by atoms with E-state index in [-0.39, 0.29) is 23.2 Å². The number of amides is 1. The summed E-state index contributed by atoms with van der Waals surface area (Å²) in [5.74, 6) is -0.283. The second kappa shape index (κ2) is 7.22. The van der Waals surface area contributed by atoms with E-state index in [9.17, 15) is 18.0 Å². The summed E-state index contributed by atoms with van der Waals surface area (Å²) >= 11 is 0. The topological polar surface area (TPSA) is 101 Å². The average Bonchev–Trinajstić information content (AvgIpc) is 2.47. The average molecular weight is 342 g/mol. The third-order valence-corrected chi connectivity index (χ3v) is 4.37. The number of nitrogens with zero attached hydrogens (tertiary/aromatic N) is 3. The Morgan fingerprint density at radius 1 is 1.43 bits per heavy atom. The van der Waals surface area contributed by atoms with Crippen molar-refractivity contribution in [3.63, 3.8) is 0 Å². The van der Waals surface area contributed by atoms with E-state index < -0.39 is 10.0 Å². The van der Waals surface area contributed by atoms with Gasteiger partial charge in [-0.25, -0.2) is 17.8 Å². The van der Waals surface area contributed by atoms with Crippen molar-refractivity contribution >= 4 is 15.9 Å². The maximum absolute atomic E-state index is 12.5. The van der Waals surface area contributed by atoms with Gasteiger partial charge in [0.25, 0.3) is 11.5 Å². The Balaban J connectivity index is 2.13. The first-order chi connectivity index (χ1) is 10.8. The summed E-state index contributed by atoms with van der Waals surface area (Å²) < 4.78 is 26.5. The predicted octanol–water partition coefficient (Wildman–Crippen LogP) is -0.193. The zero-order valence-electron chi connectivity index (χ0n) is 13.4. The van der Waals surface area contributed by atoms with Gasteiger partial charge in [-0.3, -0.25) is 9.59 Å². The number of carbonyl (C=O) groups excluding carboxylic acids is 1. The highest BCUT2D eigenvalue weighted by Gasteiger charge is 2.27. The largest absolute Gasteiger partial charge is 0.336 e. The van der Waals surface area contributed by atoms with Crippen LogP contribution in [0.2, 0.25) is 0 Å². The number of sulfonamides is 1. The third-order valence-electron chi connectivity index (χ3n) is 3.61. The monoisotopic (exact) mass is 342 g/mol. The first kappa shape index (κ1) is 17.6. The highest BCUT2D eigenvalue weighted by molar-refractivity contribution is 7.88. The molecule has 9 heteroatoms. The van der Waals surface area contributed by atoms with Crippen molar-refractivity contribution < 1.29 is 13.2 Å². The number of piperidine rings is 1. The van der Waals surface area contributed by atoms with Gasteiger partial charge in [-0.15, -0.1) is 0 Å². The maximum Gasteiger partial charge on any atom is 0.274 e. The van der Waals surface area contributed by atoms with Gasteiger partial charge in [0.2, 0.25) is 10.0 Å². The number of aryl methyl sites for hydroxylation is 1. The van der Waals surface area contributed by atoms with E-state index in [0.29, 0.717) is 32.5 Å². The van der Waals surface area contributed by atoms with Gasteiger partial charge in [0.1, 0.15) is 5.69 Å². The lowest BCUT2D eigenvalue weighted by atomic mass is 10.1. The molecular formula is C14H22N4O4S. The first-order valence-electron chi connectivity index (χ1n) is 7.65. The van der Waals surface area contributed by atoms with Crippen LogP contribution in [-0.2, 0) is 16.6 Å². The van der Waals surface area contributed by atoms with Crippen molar-refractivity contribution in [2.24, 2.45) is 0 Å². The van der Waals surface area contributed by atoms with Crippen LogP contribution in [0, 0.1) is 0 Å². The number of rotatable bonds is 5. The summed E-state index contributed by atoms with van der Waals surface area (Å²) in [4.78, 5) is 25.8. The Hall–Kier alpha value is -1.74. The van der Waals surface area contributed by atoms with Gasteiger partial charge in [-0.1, -0.05) is 6.92 Å². The van der Waals surface area contributed by atoms with E-state index in [1.165, 1.54) is 16.8 Å². The number of likely N-dealkylation sites (tertiary alicyclic amines) is 1. The van der Waals surface area contributed by atoms with Crippen LogP contribution in [0.3, 0.4) is 0 Å². The van der Waals surface area contributed by atoms with Crippen molar-refractivity contribution in [3.8, 4) is 0 Å². The number of nitrogens with one attached hydrogen (secondary N) is 1. The fourth-order valence-corrected chi connectivity index (χ4v) is 3.46. The van der Waals surface area contributed by atoms with Crippen LogP contribution in [0.1, 0.15) is 36.7 Å². The summed E-state index contributed by atoms with van der Waals surface area (Å²) in [5, 5.41) is 4.11. The summed E-state index contributed by atoms with van der Waals surface area (Å²) in [6, 6.07) is 2.47. The summed E-state index contributed by atoms with van der Waals surface area (Å²) in [7, 11) is -3.31. The van der Waals surface area contributed by atoms with Crippen LogP contribution in [0.5, 0.6) is 0 Å².